The summed E-state index contributed by atoms with van der Waals surface area (Å²) < 4.78 is 28.8. The fraction of sp³-hybridized carbons (Fsp3) is 0.333. The number of carbonyl (C=O) groups excluding carboxylic acids is 2. The summed E-state index contributed by atoms with van der Waals surface area (Å²) in [4.78, 5) is 28.7. The SMILES string of the molecule is CC[C@@H](C(=O)NCC(C)C)N(Cc1ccc(Cl)c(Cl)c1)C(=O)CN(c1ccc(C)cc1)S(=O)(=O)c1ccc(Cl)cc1. The van der Waals surface area contributed by atoms with Gasteiger partial charge in [0.2, 0.25) is 11.8 Å². The van der Waals surface area contributed by atoms with Crippen LogP contribution in [-0.4, -0.2) is 44.3 Å². The lowest BCUT2D eigenvalue weighted by Gasteiger charge is -2.33. The van der Waals surface area contributed by atoms with Crippen LogP contribution in [0.3, 0.4) is 0 Å². The minimum atomic E-state index is -4.18. The highest BCUT2D eigenvalue weighted by Crippen LogP contribution is 2.27. The second kappa shape index (κ2) is 14.4. The van der Waals surface area contributed by atoms with Crippen LogP contribution >= 0.6 is 34.8 Å². The highest BCUT2D eigenvalue weighted by atomic mass is 35.5. The van der Waals surface area contributed by atoms with Crippen molar-refractivity contribution in [1.82, 2.24) is 10.2 Å². The summed E-state index contributed by atoms with van der Waals surface area (Å²) in [5.41, 5.74) is 1.88. The number of nitrogens with one attached hydrogen (secondary N) is 1. The van der Waals surface area contributed by atoms with Gasteiger partial charge in [0, 0.05) is 18.1 Å². The Bertz CT molecular complexity index is 1460. The van der Waals surface area contributed by atoms with E-state index in [-0.39, 0.29) is 23.3 Å². The topological polar surface area (TPSA) is 86.8 Å². The number of halogens is 3. The largest absolute Gasteiger partial charge is 0.354 e. The highest BCUT2D eigenvalue weighted by Gasteiger charge is 2.33. The van der Waals surface area contributed by atoms with Gasteiger partial charge in [-0.25, -0.2) is 8.42 Å². The van der Waals surface area contributed by atoms with Crippen LogP contribution in [0.2, 0.25) is 15.1 Å². The average Bonchev–Trinajstić information content (AvgIpc) is 2.93. The highest BCUT2D eigenvalue weighted by molar-refractivity contribution is 7.92. The third-order valence-corrected chi connectivity index (χ3v) is 9.19. The van der Waals surface area contributed by atoms with E-state index in [4.69, 9.17) is 34.8 Å². The molecule has 3 rings (SSSR count). The van der Waals surface area contributed by atoms with E-state index in [0.29, 0.717) is 39.3 Å². The molecule has 0 saturated carbocycles. The van der Waals surface area contributed by atoms with Crippen LogP contribution in [-0.2, 0) is 26.2 Å². The maximum atomic E-state index is 14.1. The lowest BCUT2D eigenvalue weighted by molar-refractivity contribution is -0.140. The Morgan fingerprint density at radius 1 is 0.902 bits per heavy atom. The van der Waals surface area contributed by atoms with Crippen LogP contribution in [0.1, 0.15) is 38.3 Å². The first-order valence-corrected chi connectivity index (χ1v) is 15.8. The molecule has 0 spiro atoms. The molecule has 0 heterocycles. The average molecular weight is 639 g/mol. The van der Waals surface area contributed by atoms with Gasteiger partial charge in [-0.15, -0.1) is 0 Å². The van der Waals surface area contributed by atoms with Gasteiger partial charge >= 0.3 is 0 Å². The lowest BCUT2D eigenvalue weighted by Crippen LogP contribution is -2.52. The summed E-state index contributed by atoms with van der Waals surface area (Å²) in [6, 6.07) is 16.7. The summed E-state index contributed by atoms with van der Waals surface area (Å²) in [6.45, 7) is 7.55. The fourth-order valence-corrected chi connectivity index (χ4v) is 6.01. The van der Waals surface area contributed by atoms with E-state index in [1.165, 1.54) is 29.2 Å². The van der Waals surface area contributed by atoms with E-state index in [9.17, 15) is 18.0 Å². The molecule has 11 heteroatoms. The van der Waals surface area contributed by atoms with E-state index >= 15 is 0 Å². The second-order valence-electron chi connectivity index (χ2n) is 10.1. The van der Waals surface area contributed by atoms with Crippen molar-refractivity contribution in [3.05, 3.63) is 92.9 Å². The molecule has 0 radical (unpaired) electrons. The Hall–Kier alpha value is -2.78. The van der Waals surface area contributed by atoms with E-state index in [2.05, 4.69) is 5.32 Å². The lowest BCUT2D eigenvalue weighted by atomic mass is 10.1. The smallest absolute Gasteiger partial charge is 0.264 e. The number of carbonyl (C=O) groups is 2. The van der Waals surface area contributed by atoms with Crippen LogP contribution in [0.25, 0.3) is 0 Å². The van der Waals surface area contributed by atoms with Crippen molar-refractivity contribution in [2.24, 2.45) is 5.92 Å². The predicted molar refractivity (Wildman–Crippen MR) is 166 cm³/mol. The molecule has 7 nitrogen and oxygen atoms in total. The van der Waals surface area contributed by atoms with Gasteiger partial charge in [0.1, 0.15) is 12.6 Å². The number of rotatable bonds is 12. The van der Waals surface area contributed by atoms with E-state index in [0.717, 1.165) is 9.87 Å². The van der Waals surface area contributed by atoms with Gasteiger partial charge in [-0.1, -0.05) is 79.3 Å². The number of aryl methyl sites for hydroxylation is 1. The first kappa shape index (κ1) is 32.7. The van der Waals surface area contributed by atoms with Crippen molar-refractivity contribution in [1.29, 1.82) is 0 Å². The number of hydrogen-bond donors (Lipinski definition) is 1. The normalized spacial score (nSPS) is 12.2. The van der Waals surface area contributed by atoms with Gasteiger partial charge in [-0.2, -0.15) is 0 Å². The molecule has 41 heavy (non-hydrogen) atoms. The maximum Gasteiger partial charge on any atom is 0.264 e. The van der Waals surface area contributed by atoms with Crippen molar-refractivity contribution in [3.8, 4) is 0 Å². The van der Waals surface area contributed by atoms with Gasteiger partial charge < -0.3 is 10.2 Å². The van der Waals surface area contributed by atoms with Crippen molar-refractivity contribution in [2.45, 2.75) is 51.6 Å². The Balaban J connectivity index is 2.05. The monoisotopic (exact) mass is 637 g/mol. The molecule has 0 aliphatic heterocycles. The Kier molecular flexibility index (Phi) is 11.5. The third-order valence-electron chi connectivity index (χ3n) is 6.41. The van der Waals surface area contributed by atoms with E-state index in [1.54, 1.807) is 49.4 Å². The second-order valence-corrected chi connectivity index (χ2v) is 13.2. The van der Waals surface area contributed by atoms with Gasteiger partial charge in [0.15, 0.2) is 0 Å². The van der Waals surface area contributed by atoms with Crippen LogP contribution in [0.15, 0.2) is 71.6 Å². The van der Waals surface area contributed by atoms with Gasteiger partial charge in [-0.3, -0.25) is 13.9 Å². The van der Waals surface area contributed by atoms with E-state index in [1.807, 2.05) is 20.8 Å². The molecule has 0 aliphatic rings. The number of hydrogen-bond acceptors (Lipinski definition) is 4. The first-order valence-electron chi connectivity index (χ1n) is 13.2. The third kappa shape index (κ3) is 8.61. The molecule has 220 valence electrons. The quantitative estimate of drug-likeness (QED) is 0.238. The minimum Gasteiger partial charge on any atom is -0.354 e. The molecule has 0 bridgehead atoms. The zero-order valence-electron chi connectivity index (χ0n) is 23.4. The Morgan fingerprint density at radius 3 is 2.10 bits per heavy atom. The van der Waals surface area contributed by atoms with E-state index < -0.39 is 28.5 Å². The van der Waals surface area contributed by atoms with Crippen molar-refractivity contribution in [2.75, 3.05) is 17.4 Å². The zero-order valence-corrected chi connectivity index (χ0v) is 26.5. The molecule has 2 amide bonds. The summed E-state index contributed by atoms with van der Waals surface area (Å²) in [6.07, 6.45) is 0.311. The maximum absolute atomic E-state index is 14.1. The van der Waals surface area contributed by atoms with Crippen LogP contribution in [0.4, 0.5) is 5.69 Å². The van der Waals surface area contributed by atoms with Crippen LogP contribution < -0.4 is 9.62 Å². The summed E-state index contributed by atoms with van der Waals surface area (Å²) in [5, 5.41) is 3.95. The zero-order chi connectivity index (χ0) is 30.3. The number of anilines is 1. The summed E-state index contributed by atoms with van der Waals surface area (Å²) >= 11 is 18.3. The van der Waals surface area contributed by atoms with Gasteiger partial charge in [-0.05, 0) is 73.4 Å². The molecule has 0 fully saturated rings. The molecular formula is C30H34Cl3N3O4S. The number of benzene rings is 3. The molecule has 0 unspecified atom stereocenters. The molecule has 0 aromatic heterocycles. The van der Waals surface area contributed by atoms with Gasteiger partial charge in [0.25, 0.3) is 10.0 Å². The van der Waals surface area contributed by atoms with Gasteiger partial charge in [0.05, 0.1) is 20.6 Å². The predicted octanol–water partition coefficient (Wildman–Crippen LogP) is 6.73. The number of amides is 2. The van der Waals surface area contributed by atoms with Crippen molar-refractivity contribution < 1.29 is 18.0 Å². The van der Waals surface area contributed by atoms with Crippen molar-refractivity contribution >= 4 is 62.3 Å². The van der Waals surface area contributed by atoms with Crippen molar-refractivity contribution in [3.63, 3.8) is 0 Å². The molecule has 3 aromatic carbocycles. The molecule has 1 atom stereocenters. The first-order chi connectivity index (χ1) is 19.3. The summed E-state index contributed by atoms with van der Waals surface area (Å²) in [7, 11) is -4.18. The summed E-state index contributed by atoms with van der Waals surface area (Å²) in [5.74, 6) is -0.671. The Labute approximate surface area is 257 Å². The molecular weight excluding hydrogens is 605 g/mol. The molecule has 1 N–H and O–H groups in total. The number of sulfonamides is 1. The fourth-order valence-electron chi connectivity index (χ4n) is 4.15. The number of nitrogens with zero attached hydrogens (tertiary/aromatic N) is 2. The Morgan fingerprint density at radius 2 is 1.54 bits per heavy atom. The minimum absolute atomic E-state index is 0.0199. The molecule has 0 aliphatic carbocycles. The molecule has 3 aromatic rings. The van der Waals surface area contributed by atoms with Crippen LogP contribution in [0.5, 0.6) is 0 Å². The standard InChI is InChI=1S/C30H34Cl3N3O4S/c1-5-28(30(38)34-17-20(2)3)35(18-22-8-15-26(32)27(33)16-22)29(37)19-36(24-11-6-21(4)7-12-24)41(39,40)25-13-9-23(31)10-14-25/h6-16,20,28H,5,17-19H2,1-4H3,(H,34,38)/t28-/m0/s1. The molecule has 0 saturated heterocycles. The van der Waals surface area contributed by atoms with Crippen LogP contribution in [0, 0.1) is 12.8 Å².